The van der Waals surface area contributed by atoms with Crippen LogP contribution >= 0.6 is 11.3 Å². The minimum absolute atomic E-state index is 0.129. The molecule has 0 saturated carbocycles. The lowest BCUT2D eigenvalue weighted by Crippen LogP contribution is -2.16. The predicted molar refractivity (Wildman–Crippen MR) is 82.0 cm³/mol. The van der Waals surface area contributed by atoms with Gasteiger partial charge >= 0.3 is 0 Å². The van der Waals surface area contributed by atoms with Crippen molar-refractivity contribution in [2.24, 2.45) is 0 Å². The van der Waals surface area contributed by atoms with Gasteiger partial charge in [-0.25, -0.2) is 4.98 Å². The van der Waals surface area contributed by atoms with Crippen molar-refractivity contribution in [2.45, 2.75) is 20.0 Å². The Morgan fingerprint density at radius 2 is 2.23 bits per heavy atom. The summed E-state index contributed by atoms with van der Waals surface area (Å²) in [6.45, 7) is 2.11. The highest BCUT2D eigenvalue weighted by Gasteiger charge is 2.09. The minimum atomic E-state index is -0.229. The number of benzene rings is 1. The maximum Gasteiger partial charge on any atom is 0.275 e. The Hall–Kier alpha value is -2.72. The molecule has 2 heterocycles. The van der Waals surface area contributed by atoms with Crippen LogP contribution in [0.1, 0.15) is 23.2 Å². The van der Waals surface area contributed by atoms with Gasteiger partial charge in [0, 0.05) is 6.07 Å². The fourth-order valence-electron chi connectivity index (χ4n) is 1.95. The van der Waals surface area contributed by atoms with Crippen LogP contribution in [-0.4, -0.2) is 14.6 Å². The average molecular weight is 312 g/mol. The molecule has 0 unspecified atom stereocenters. The molecule has 0 spiro atoms. The molecule has 3 rings (SSSR count). The number of nitriles is 1. The highest BCUT2D eigenvalue weighted by atomic mass is 32.1. The average Bonchev–Trinajstić information content (AvgIpc) is 2.97. The van der Waals surface area contributed by atoms with E-state index in [1.54, 1.807) is 24.3 Å². The van der Waals surface area contributed by atoms with E-state index in [4.69, 9.17) is 10.00 Å². The third kappa shape index (κ3) is 2.69. The SMILES string of the molecule is CCc1nn2c(=O)cc(COc3ccccc3C#N)nc2s1. The van der Waals surface area contributed by atoms with Crippen LogP contribution in [0, 0.1) is 11.3 Å². The zero-order valence-corrected chi connectivity index (χ0v) is 12.6. The molecule has 0 bridgehead atoms. The van der Waals surface area contributed by atoms with Crippen LogP contribution in [0.15, 0.2) is 35.1 Å². The summed E-state index contributed by atoms with van der Waals surface area (Å²) in [7, 11) is 0. The van der Waals surface area contributed by atoms with Gasteiger partial charge in [0.1, 0.15) is 23.4 Å². The van der Waals surface area contributed by atoms with Gasteiger partial charge in [-0.3, -0.25) is 4.79 Å². The number of ether oxygens (including phenoxy) is 1. The molecule has 0 atom stereocenters. The lowest BCUT2D eigenvalue weighted by atomic mass is 10.2. The van der Waals surface area contributed by atoms with Gasteiger partial charge in [-0.05, 0) is 18.6 Å². The number of nitrogens with zero attached hydrogens (tertiary/aromatic N) is 4. The molecule has 0 aliphatic heterocycles. The fraction of sp³-hybridized carbons (Fsp3) is 0.200. The van der Waals surface area contributed by atoms with Gasteiger partial charge in [-0.2, -0.15) is 14.9 Å². The molecule has 22 heavy (non-hydrogen) atoms. The van der Waals surface area contributed by atoms with Gasteiger partial charge in [0.25, 0.3) is 5.56 Å². The highest BCUT2D eigenvalue weighted by Crippen LogP contribution is 2.18. The Morgan fingerprint density at radius 3 is 3.00 bits per heavy atom. The van der Waals surface area contributed by atoms with E-state index in [1.165, 1.54) is 21.9 Å². The van der Waals surface area contributed by atoms with Gasteiger partial charge in [0.05, 0.1) is 11.3 Å². The summed E-state index contributed by atoms with van der Waals surface area (Å²) < 4.78 is 6.90. The van der Waals surface area contributed by atoms with Crippen molar-refractivity contribution in [3.05, 3.63) is 57.0 Å². The Kier molecular flexibility index (Phi) is 3.85. The number of aryl methyl sites for hydroxylation is 1. The van der Waals surface area contributed by atoms with E-state index in [9.17, 15) is 4.79 Å². The zero-order valence-electron chi connectivity index (χ0n) is 11.8. The molecular formula is C15H12N4O2S. The summed E-state index contributed by atoms with van der Waals surface area (Å²) in [5, 5.41) is 14.1. The van der Waals surface area contributed by atoms with Crippen molar-refractivity contribution in [1.82, 2.24) is 14.6 Å². The first-order valence-electron chi connectivity index (χ1n) is 6.72. The van der Waals surface area contributed by atoms with Crippen LogP contribution in [0.5, 0.6) is 5.75 Å². The molecule has 0 aliphatic rings. The summed E-state index contributed by atoms with van der Waals surface area (Å²) in [5.74, 6) is 0.477. The second-order valence-electron chi connectivity index (χ2n) is 4.53. The zero-order chi connectivity index (χ0) is 15.5. The number of hydrogen-bond acceptors (Lipinski definition) is 6. The normalized spacial score (nSPS) is 10.5. The van der Waals surface area contributed by atoms with Gasteiger partial charge in [-0.1, -0.05) is 30.4 Å². The van der Waals surface area contributed by atoms with E-state index in [-0.39, 0.29) is 12.2 Å². The smallest absolute Gasteiger partial charge is 0.275 e. The van der Waals surface area contributed by atoms with Crippen LogP contribution in [-0.2, 0) is 13.0 Å². The number of fused-ring (bicyclic) bond motifs is 1. The van der Waals surface area contributed by atoms with E-state index in [1.807, 2.05) is 6.92 Å². The quantitative estimate of drug-likeness (QED) is 0.737. The van der Waals surface area contributed by atoms with Crippen molar-refractivity contribution in [2.75, 3.05) is 0 Å². The third-order valence-electron chi connectivity index (χ3n) is 3.03. The Bertz CT molecular complexity index is 923. The molecule has 0 aliphatic carbocycles. The van der Waals surface area contributed by atoms with E-state index in [0.29, 0.717) is 22.0 Å². The molecular weight excluding hydrogens is 300 g/mol. The molecule has 7 heteroatoms. The molecule has 0 fully saturated rings. The molecule has 0 amide bonds. The molecule has 6 nitrogen and oxygen atoms in total. The topological polar surface area (TPSA) is 80.3 Å². The fourth-order valence-corrected chi connectivity index (χ4v) is 2.81. The number of rotatable bonds is 4. The molecule has 110 valence electrons. The van der Waals surface area contributed by atoms with Crippen LogP contribution in [0.4, 0.5) is 0 Å². The molecule has 3 aromatic rings. The summed E-state index contributed by atoms with van der Waals surface area (Å²) in [4.78, 5) is 17.0. The molecule has 2 aromatic heterocycles. The third-order valence-corrected chi connectivity index (χ3v) is 4.08. The van der Waals surface area contributed by atoms with Crippen LogP contribution in [0.25, 0.3) is 4.96 Å². The number of para-hydroxylation sites is 1. The van der Waals surface area contributed by atoms with Gasteiger partial charge in [0.15, 0.2) is 0 Å². The van der Waals surface area contributed by atoms with Crippen molar-refractivity contribution in [3.63, 3.8) is 0 Å². The lowest BCUT2D eigenvalue weighted by molar-refractivity contribution is 0.300. The second kappa shape index (κ2) is 5.95. The van der Waals surface area contributed by atoms with Crippen LogP contribution in [0.3, 0.4) is 0 Å². The first kappa shape index (κ1) is 14.2. The largest absolute Gasteiger partial charge is 0.486 e. The van der Waals surface area contributed by atoms with Gasteiger partial charge < -0.3 is 4.74 Å². The molecule has 0 saturated heterocycles. The molecule has 0 radical (unpaired) electrons. The Balaban J connectivity index is 1.88. The number of hydrogen-bond donors (Lipinski definition) is 0. The predicted octanol–water partition coefficient (Wildman–Crippen LogP) is 2.16. The summed E-state index contributed by atoms with van der Waals surface area (Å²) in [6.07, 6.45) is 0.759. The first-order chi connectivity index (χ1) is 10.7. The van der Waals surface area contributed by atoms with Crippen molar-refractivity contribution >= 4 is 16.3 Å². The lowest BCUT2D eigenvalue weighted by Gasteiger charge is -2.06. The van der Waals surface area contributed by atoms with E-state index < -0.39 is 0 Å². The van der Waals surface area contributed by atoms with E-state index >= 15 is 0 Å². The summed E-state index contributed by atoms with van der Waals surface area (Å²) in [5.41, 5.74) is 0.739. The van der Waals surface area contributed by atoms with E-state index in [0.717, 1.165) is 11.4 Å². The van der Waals surface area contributed by atoms with Gasteiger partial charge in [-0.15, -0.1) is 0 Å². The van der Waals surface area contributed by atoms with Crippen molar-refractivity contribution < 1.29 is 4.74 Å². The highest BCUT2D eigenvalue weighted by molar-refractivity contribution is 7.16. The van der Waals surface area contributed by atoms with Crippen LogP contribution in [0.2, 0.25) is 0 Å². The maximum atomic E-state index is 12.0. The Morgan fingerprint density at radius 1 is 1.41 bits per heavy atom. The number of aromatic nitrogens is 3. The van der Waals surface area contributed by atoms with Crippen molar-refractivity contribution in [1.29, 1.82) is 5.26 Å². The summed E-state index contributed by atoms with van der Waals surface area (Å²) >= 11 is 1.39. The molecule has 1 aromatic carbocycles. The van der Waals surface area contributed by atoms with Crippen LogP contribution < -0.4 is 10.3 Å². The standard InChI is InChI=1S/C15H12N4O2S/c1-2-13-18-19-14(20)7-11(17-15(19)22-13)9-21-12-6-4-3-5-10(12)8-16/h3-7H,2,9H2,1H3. The second-order valence-corrected chi connectivity index (χ2v) is 5.57. The van der Waals surface area contributed by atoms with E-state index in [2.05, 4.69) is 16.2 Å². The monoisotopic (exact) mass is 312 g/mol. The maximum absolute atomic E-state index is 12.0. The Labute approximate surface area is 130 Å². The first-order valence-corrected chi connectivity index (χ1v) is 7.53. The summed E-state index contributed by atoms with van der Waals surface area (Å²) in [6, 6.07) is 10.4. The minimum Gasteiger partial charge on any atom is -0.486 e. The molecule has 0 N–H and O–H groups in total. The van der Waals surface area contributed by atoms with Gasteiger partial charge in [0.2, 0.25) is 4.96 Å². The van der Waals surface area contributed by atoms with Crippen molar-refractivity contribution in [3.8, 4) is 11.8 Å².